The molecule has 1 aromatic rings. The van der Waals surface area contributed by atoms with Gasteiger partial charge in [0.1, 0.15) is 12.4 Å². The third-order valence-corrected chi connectivity index (χ3v) is 7.42. The Hall–Kier alpha value is -2.28. The van der Waals surface area contributed by atoms with Crippen molar-refractivity contribution in [2.45, 2.75) is 13.0 Å². The Kier molecular flexibility index (Phi) is 5.66. The van der Waals surface area contributed by atoms with E-state index < -0.39 is 39.0 Å². The summed E-state index contributed by atoms with van der Waals surface area (Å²) in [6.45, 7) is 3.04. The van der Waals surface area contributed by atoms with Gasteiger partial charge in [-0.05, 0) is 30.0 Å². The molecule has 0 aliphatic carbocycles. The molecule has 3 fully saturated rings. The number of nitrogens with one attached hydrogen (secondary N) is 1. The van der Waals surface area contributed by atoms with E-state index in [1.54, 1.807) is 12.1 Å². The van der Waals surface area contributed by atoms with Gasteiger partial charge in [-0.3, -0.25) is 4.90 Å². The largest absolute Gasteiger partial charge is 0.627 e. The second kappa shape index (κ2) is 8.01. The highest BCUT2D eigenvalue weighted by Gasteiger charge is 2.43. The maximum absolute atomic E-state index is 14.9. The van der Waals surface area contributed by atoms with Gasteiger partial charge in [0.25, 0.3) is 0 Å². The van der Waals surface area contributed by atoms with Gasteiger partial charge in [-0.25, -0.2) is 26.7 Å². The second-order valence-corrected chi connectivity index (χ2v) is 10.4. The molecule has 4 atom stereocenters. The van der Waals surface area contributed by atoms with Crippen molar-refractivity contribution in [3.05, 3.63) is 29.2 Å². The molecule has 0 radical (unpaired) electrons. The minimum atomic E-state index is -3.22. The Labute approximate surface area is 179 Å². The molecule has 4 rings (SSSR count). The van der Waals surface area contributed by atoms with Crippen molar-refractivity contribution in [1.82, 2.24) is 4.31 Å². The first-order chi connectivity index (χ1) is 14.5. The summed E-state index contributed by atoms with van der Waals surface area (Å²) in [5.74, 6) is -0.780. The molecule has 31 heavy (non-hydrogen) atoms. The van der Waals surface area contributed by atoms with Crippen LogP contribution in [0, 0.1) is 22.9 Å². The zero-order valence-corrected chi connectivity index (χ0v) is 18.1. The lowest BCUT2D eigenvalue weighted by Gasteiger charge is -2.23. The summed E-state index contributed by atoms with van der Waals surface area (Å²) in [7, 11) is -3.22. The lowest BCUT2D eigenvalue weighted by molar-refractivity contribution is -0.768. The number of amides is 2. The van der Waals surface area contributed by atoms with E-state index in [2.05, 4.69) is 0 Å². The number of quaternary nitrogens is 1. The molecule has 10 nitrogen and oxygen atoms in total. The van der Waals surface area contributed by atoms with Gasteiger partial charge >= 0.3 is 12.0 Å². The van der Waals surface area contributed by atoms with Crippen LogP contribution in [-0.2, 0) is 19.6 Å². The standard InChI is InChI=1S/C19H25FN4O6S/c1-12(25)24(27)11-16-10-23(19(26)30-16)15-3-4-18(17(20)5-15)21-6-13-8-22(31(2,28)29)9-14(13)7-21/h3-5,13-14,16,24H,6-11H2,1-2H3/t13-,14+,16-/m0/s1. The van der Waals surface area contributed by atoms with Gasteiger partial charge in [0.2, 0.25) is 10.0 Å². The average Bonchev–Trinajstić information content (AvgIpc) is 3.34. The third kappa shape index (κ3) is 4.38. The molecule has 0 aromatic heterocycles. The highest BCUT2D eigenvalue weighted by atomic mass is 32.2. The number of hydrogen-bond donors (Lipinski definition) is 1. The average molecular weight is 456 g/mol. The van der Waals surface area contributed by atoms with Gasteiger partial charge in [-0.1, -0.05) is 0 Å². The van der Waals surface area contributed by atoms with Crippen LogP contribution >= 0.6 is 0 Å². The first-order valence-corrected chi connectivity index (χ1v) is 11.9. The normalized spacial score (nSPS) is 27.5. The molecule has 3 saturated heterocycles. The fraction of sp³-hybridized carbons (Fsp3) is 0.579. The number of carbonyl (C=O) groups excluding carboxylic acids is 2. The van der Waals surface area contributed by atoms with E-state index >= 15 is 0 Å². The van der Waals surface area contributed by atoms with E-state index in [0.717, 1.165) is 6.92 Å². The minimum absolute atomic E-state index is 0.0613. The van der Waals surface area contributed by atoms with Crippen LogP contribution in [0.3, 0.4) is 0 Å². The van der Waals surface area contributed by atoms with Crippen molar-refractivity contribution in [3.63, 3.8) is 0 Å². The van der Waals surface area contributed by atoms with Gasteiger partial charge in [-0.2, -0.15) is 0 Å². The Balaban J connectivity index is 1.42. The molecule has 2 amide bonds. The number of hydroxylamine groups is 2. The van der Waals surface area contributed by atoms with Crippen molar-refractivity contribution in [1.29, 1.82) is 0 Å². The molecule has 12 heteroatoms. The van der Waals surface area contributed by atoms with E-state index in [-0.39, 0.29) is 24.9 Å². The van der Waals surface area contributed by atoms with Gasteiger partial charge < -0.3 is 19.9 Å². The third-order valence-electron chi connectivity index (χ3n) is 6.19. The number of cyclic esters (lactones) is 1. The number of sulfonamides is 1. The number of rotatable bonds is 5. The summed E-state index contributed by atoms with van der Waals surface area (Å²) in [6, 6.07) is 4.47. The molecule has 3 aliphatic heterocycles. The van der Waals surface area contributed by atoms with E-state index in [9.17, 15) is 27.6 Å². The molecule has 3 heterocycles. The Morgan fingerprint density at radius 1 is 1.23 bits per heavy atom. The van der Waals surface area contributed by atoms with Crippen LogP contribution in [0.15, 0.2) is 18.2 Å². The Morgan fingerprint density at radius 2 is 1.87 bits per heavy atom. The number of ether oxygens (including phenoxy) is 1. The lowest BCUT2D eigenvalue weighted by Crippen LogP contribution is -3.10. The lowest BCUT2D eigenvalue weighted by atomic mass is 10.0. The molecular formula is C19H25FN4O6S. The van der Waals surface area contributed by atoms with E-state index in [0.29, 0.717) is 37.6 Å². The van der Waals surface area contributed by atoms with Gasteiger partial charge in [-0.15, -0.1) is 0 Å². The molecule has 170 valence electrons. The molecule has 1 N–H and O–H groups in total. The van der Waals surface area contributed by atoms with Crippen molar-refractivity contribution in [2.75, 3.05) is 55.3 Å². The molecular weight excluding hydrogens is 431 g/mol. The van der Waals surface area contributed by atoms with Crippen molar-refractivity contribution in [2.24, 2.45) is 11.8 Å². The maximum Gasteiger partial charge on any atom is 0.414 e. The number of hydrogen-bond acceptors (Lipinski definition) is 7. The number of nitrogens with zero attached hydrogens (tertiary/aromatic N) is 3. The molecule has 0 saturated carbocycles. The summed E-state index contributed by atoms with van der Waals surface area (Å²) in [5.41, 5.74) is 0.714. The second-order valence-electron chi connectivity index (χ2n) is 8.44. The van der Waals surface area contributed by atoms with Crippen LogP contribution in [0.5, 0.6) is 0 Å². The molecule has 1 aromatic carbocycles. The number of anilines is 2. The molecule has 0 bridgehead atoms. The van der Waals surface area contributed by atoms with Gasteiger partial charge in [0.15, 0.2) is 6.10 Å². The predicted octanol–water partition coefficient (Wildman–Crippen LogP) is -0.592. The summed E-state index contributed by atoms with van der Waals surface area (Å²) < 4.78 is 45.0. The number of fused-ring (bicyclic) bond motifs is 1. The van der Waals surface area contributed by atoms with Crippen LogP contribution in [0.2, 0.25) is 0 Å². The monoisotopic (exact) mass is 456 g/mol. The first-order valence-electron chi connectivity index (χ1n) is 10.0. The summed E-state index contributed by atoms with van der Waals surface area (Å²) in [6.07, 6.45) is -0.235. The van der Waals surface area contributed by atoms with Gasteiger partial charge in [0.05, 0.1) is 31.1 Å². The van der Waals surface area contributed by atoms with Crippen LogP contribution in [0.25, 0.3) is 0 Å². The van der Waals surface area contributed by atoms with Crippen molar-refractivity contribution in [3.8, 4) is 0 Å². The molecule has 0 spiro atoms. The van der Waals surface area contributed by atoms with Gasteiger partial charge in [0, 0.05) is 26.2 Å². The highest BCUT2D eigenvalue weighted by Crippen LogP contribution is 2.37. The van der Waals surface area contributed by atoms with E-state index in [1.807, 2.05) is 4.90 Å². The highest BCUT2D eigenvalue weighted by molar-refractivity contribution is 7.88. The minimum Gasteiger partial charge on any atom is -0.627 e. The summed E-state index contributed by atoms with van der Waals surface area (Å²) in [4.78, 5) is 26.4. The fourth-order valence-corrected chi connectivity index (χ4v) is 5.45. The predicted molar refractivity (Wildman–Crippen MR) is 110 cm³/mol. The van der Waals surface area contributed by atoms with Crippen molar-refractivity contribution < 1.29 is 32.2 Å². The zero-order chi connectivity index (χ0) is 22.5. The number of carbonyl (C=O) groups is 2. The van der Waals surface area contributed by atoms with Crippen LogP contribution in [-0.4, -0.2) is 76.4 Å². The summed E-state index contributed by atoms with van der Waals surface area (Å²) >= 11 is 0. The van der Waals surface area contributed by atoms with E-state index in [4.69, 9.17) is 4.74 Å². The molecule has 1 unspecified atom stereocenters. The maximum atomic E-state index is 14.9. The fourth-order valence-electron chi connectivity index (χ4n) is 4.53. The Morgan fingerprint density at radius 3 is 2.42 bits per heavy atom. The molecule has 3 aliphatic rings. The summed E-state index contributed by atoms with van der Waals surface area (Å²) in [5, 5.41) is 11.0. The van der Waals surface area contributed by atoms with Crippen LogP contribution in [0.4, 0.5) is 20.6 Å². The topological polar surface area (TPSA) is 115 Å². The number of benzene rings is 1. The van der Waals surface area contributed by atoms with Crippen LogP contribution in [0.1, 0.15) is 6.92 Å². The van der Waals surface area contributed by atoms with Crippen molar-refractivity contribution >= 4 is 33.4 Å². The first kappa shape index (κ1) is 21.9. The Bertz CT molecular complexity index is 991. The zero-order valence-electron chi connectivity index (χ0n) is 17.3. The quantitative estimate of drug-likeness (QED) is 0.589. The SMILES string of the molecule is CC(=O)[NH+]([O-])C[C@@H]1CN(c2ccc(N3C[C@@H]4CN(S(C)(=O)=O)C[C@@H]4C3)c(F)c2)C(=O)O1. The smallest absolute Gasteiger partial charge is 0.414 e. The number of halogens is 1. The van der Waals surface area contributed by atoms with E-state index in [1.165, 1.54) is 21.5 Å². The van der Waals surface area contributed by atoms with Crippen LogP contribution < -0.4 is 14.9 Å².